The number of nitrogens with one attached hydrogen (secondary N) is 2. The van der Waals surface area contributed by atoms with Crippen LogP contribution in [0.1, 0.15) is 21.5 Å². The van der Waals surface area contributed by atoms with Gasteiger partial charge in [-0.05, 0) is 49.2 Å². The van der Waals surface area contributed by atoms with Crippen LogP contribution in [-0.2, 0) is 10.0 Å². The van der Waals surface area contributed by atoms with Gasteiger partial charge in [0, 0.05) is 5.56 Å². The lowest BCUT2D eigenvalue weighted by Gasteiger charge is -2.12. The number of benzene rings is 2. The topological polar surface area (TPSA) is 101 Å². The van der Waals surface area contributed by atoms with E-state index in [9.17, 15) is 13.2 Å². The summed E-state index contributed by atoms with van der Waals surface area (Å²) in [5.41, 5.74) is 4.41. The first-order valence-corrected chi connectivity index (χ1v) is 8.03. The van der Waals surface area contributed by atoms with Crippen molar-refractivity contribution in [2.45, 2.75) is 18.7 Å². The van der Waals surface area contributed by atoms with Gasteiger partial charge < -0.3 is 0 Å². The van der Waals surface area contributed by atoms with Crippen LogP contribution in [0.2, 0.25) is 0 Å². The van der Waals surface area contributed by atoms with Gasteiger partial charge in [0.05, 0.1) is 10.6 Å². The number of carbonyl (C=O) groups excluding carboxylic acids is 1. The van der Waals surface area contributed by atoms with E-state index in [0.717, 1.165) is 11.1 Å². The minimum Gasteiger partial charge on any atom is -0.290 e. The third kappa shape index (κ3) is 3.44. The quantitative estimate of drug-likeness (QED) is 0.453. The summed E-state index contributed by atoms with van der Waals surface area (Å²) in [6.07, 6.45) is 0. The fraction of sp³-hybridized carbons (Fsp3) is 0.133. The number of aryl methyl sites for hydroxylation is 2. The SMILES string of the molecule is Cc1ccc(C)c(NS(=O)(=O)c2cccc(C(=O)NN)c2)c1. The van der Waals surface area contributed by atoms with E-state index in [-0.39, 0.29) is 10.5 Å². The Balaban J connectivity index is 2.38. The van der Waals surface area contributed by atoms with Crippen molar-refractivity contribution in [1.29, 1.82) is 0 Å². The molecule has 2 aromatic rings. The van der Waals surface area contributed by atoms with Gasteiger partial charge in [-0.25, -0.2) is 14.3 Å². The van der Waals surface area contributed by atoms with Crippen molar-refractivity contribution in [1.82, 2.24) is 5.43 Å². The molecule has 22 heavy (non-hydrogen) atoms. The normalized spacial score (nSPS) is 11.0. The first-order chi connectivity index (χ1) is 10.3. The average molecular weight is 319 g/mol. The van der Waals surface area contributed by atoms with Crippen LogP contribution >= 0.6 is 0 Å². The number of hydrogen-bond acceptors (Lipinski definition) is 4. The Morgan fingerprint density at radius 3 is 2.50 bits per heavy atom. The third-order valence-electron chi connectivity index (χ3n) is 3.18. The lowest BCUT2D eigenvalue weighted by molar-refractivity contribution is 0.0953. The summed E-state index contributed by atoms with van der Waals surface area (Å²) in [7, 11) is -3.79. The molecule has 4 N–H and O–H groups in total. The Labute approximate surface area is 129 Å². The van der Waals surface area contributed by atoms with Crippen LogP contribution in [0.5, 0.6) is 0 Å². The van der Waals surface area contributed by atoms with E-state index in [1.165, 1.54) is 24.3 Å². The molecule has 0 spiro atoms. The number of hydrazine groups is 1. The molecule has 0 unspecified atom stereocenters. The predicted octanol–water partition coefficient (Wildman–Crippen LogP) is 1.71. The number of carbonyl (C=O) groups is 1. The molecule has 2 rings (SSSR count). The molecule has 0 saturated heterocycles. The Hall–Kier alpha value is -2.38. The van der Waals surface area contributed by atoms with Crippen LogP contribution in [0.4, 0.5) is 5.69 Å². The summed E-state index contributed by atoms with van der Waals surface area (Å²) in [5, 5.41) is 0. The van der Waals surface area contributed by atoms with E-state index in [0.29, 0.717) is 5.69 Å². The van der Waals surface area contributed by atoms with Gasteiger partial charge in [-0.1, -0.05) is 18.2 Å². The molecule has 0 radical (unpaired) electrons. The van der Waals surface area contributed by atoms with Crippen LogP contribution < -0.4 is 16.0 Å². The minimum absolute atomic E-state index is 0.00509. The van der Waals surface area contributed by atoms with E-state index in [1.54, 1.807) is 6.07 Å². The average Bonchev–Trinajstić information content (AvgIpc) is 2.50. The molecule has 0 saturated carbocycles. The number of nitrogens with two attached hydrogens (primary N) is 1. The van der Waals surface area contributed by atoms with Crippen molar-refractivity contribution in [3.63, 3.8) is 0 Å². The van der Waals surface area contributed by atoms with Gasteiger partial charge in [0.15, 0.2) is 0 Å². The Kier molecular flexibility index (Phi) is 4.48. The Bertz CT molecular complexity index is 817. The van der Waals surface area contributed by atoms with Gasteiger partial charge in [0.25, 0.3) is 15.9 Å². The zero-order valence-corrected chi connectivity index (χ0v) is 13.1. The van der Waals surface area contributed by atoms with Gasteiger partial charge in [-0.15, -0.1) is 0 Å². The Morgan fingerprint density at radius 1 is 1.09 bits per heavy atom. The van der Waals surface area contributed by atoms with Crippen LogP contribution in [0, 0.1) is 13.8 Å². The molecular weight excluding hydrogens is 302 g/mol. The van der Waals surface area contributed by atoms with Gasteiger partial charge >= 0.3 is 0 Å². The number of anilines is 1. The largest absolute Gasteiger partial charge is 0.290 e. The third-order valence-corrected chi connectivity index (χ3v) is 4.54. The van der Waals surface area contributed by atoms with Crippen LogP contribution in [-0.4, -0.2) is 14.3 Å². The predicted molar refractivity (Wildman–Crippen MR) is 84.8 cm³/mol. The maximum absolute atomic E-state index is 12.5. The molecule has 1 amide bonds. The standard InChI is InChI=1S/C15H17N3O3S/c1-10-6-7-11(2)14(8-10)18-22(20,21)13-5-3-4-12(9-13)15(19)17-16/h3-9,18H,16H2,1-2H3,(H,17,19). The van der Waals surface area contributed by atoms with Crippen molar-refractivity contribution < 1.29 is 13.2 Å². The number of hydrogen-bond donors (Lipinski definition) is 3. The first kappa shape index (κ1) is 16.0. The first-order valence-electron chi connectivity index (χ1n) is 6.54. The summed E-state index contributed by atoms with van der Waals surface area (Å²) in [4.78, 5) is 11.5. The molecule has 0 fully saturated rings. The van der Waals surface area contributed by atoms with E-state index in [4.69, 9.17) is 5.84 Å². The lowest BCUT2D eigenvalue weighted by Crippen LogP contribution is -2.30. The number of rotatable bonds is 4. The van der Waals surface area contributed by atoms with Gasteiger partial charge in [-0.3, -0.25) is 14.9 Å². The number of nitrogen functional groups attached to an aromatic ring is 1. The van der Waals surface area contributed by atoms with E-state index in [1.807, 2.05) is 31.4 Å². The van der Waals surface area contributed by atoms with Crippen molar-refractivity contribution in [2.24, 2.45) is 5.84 Å². The highest BCUT2D eigenvalue weighted by molar-refractivity contribution is 7.92. The van der Waals surface area contributed by atoms with Gasteiger partial charge in [-0.2, -0.15) is 0 Å². The van der Waals surface area contributed by atoms with E-state index in [2.05, 4.69) is 4.72 Å². The van der Waals surface area contributed by atoms with Crippen molar-refractivity contribution in [3.05, 3.63) is 59.2 Å². The van der Waals surface area contributed by atoms with Crippen LogP contribution in [0.25, 0.3) is 0 Å². The molecule has 6 nitrogen and oxygen atoms in total. The van der Waals surface area contributed by atoms with E-state index < -0.39 is 15.9 Å². The molecule has 0 aliphatic carbocycles. The summed E-state index contributed by atoms with van der Waals surface area (Å²) < 4.78 is 27.4. The van der Waals surface area contributed by atoms with Crippen molar-refractivity contribution in [2.75, 3.05) is 4.72 Å². The maximum atomic E-state index is 12.5. The molecule has 2 aromatic carbocycles. The molecule has 0 aromatic heterocycles. The summed E-state index contributed by atoms with van der Waals surface area (Å²) in [6.45, 7) is 3.69. The molecule has 0 aliphatic heterocycles. The molecule has 116 valence electrons. The smallest absolute Gasteiger partial charge is 0.265 e. The summed E-state index contributed by atoms with van der Waals surface area (Å²) in [5.74, 6) is 4.51. The number of sulfonamides is 1. The molecule has 0 heterocycles. The van der Waals surface area contributed by atoms with Gasteiger partial charge in [0.1, 0.15) is 0 Å². The highest BCUT2D eigenvalue weighted by Crippen LogP contribution is 2.21. The fourth-order valence-corrected chi connectivity index (χ4v) is 3.10. The lowest BCUT2D eigenvalue weighted by atomic mass is 10.1. The molecule has 7 heteroatoms. The minimum atomic E-state index is -3.79. The van der Waals surface area contributed by atoms with Crippen molar-refractivity contribution >= 4 is 21.6 Å². The highest BCUT2D eigenvalue weighted by atomic mass is 32.2. The van der Waals surface area contributed by atoms with Crippen LogP contribution in [0.15, 0.2) is 47.4 Å². The molecule has 0 bridgehead atoms. The fourth-order valence-electron chi connectivity index (χ4n) is 1.94. The summed E-state index contributed by atoms with van der Waals surface area (Å²) in [6, 6.07) is 11.2. The number of amides is 1. The zero-order valence-electron chi connectivity index (χ0n) is 12.3. The zero-order chi connectivity index (χ0) is 16.3. The Morgan fingerprint density at radius 2 is 1.82 bits per heavy atom. The molecule has 0 aliphatic rings. The monoisotopic (exact) mass is 319 g/mol. The summed E-state index contributed by atoms with van der Waals surface area (Å²) >= 11 is 0. The second-order valence-electron chi connectivity index (χ2n) is 4.93. The molecule has 0 atom stereocenters. The second-order valence-corrected chi connectivity index (χ2v) is 6.61. The maximum Gasteiger partial charge on any atom is 0.265 e. The van der Waals surface area contributed by atoms with E-state index >= 15 is 0 Å². The molecular formula is C15H17N3O3S. The van der Waals surface area contributed by atoms with Crippen LogP contribution in [0.3, 0.4) is 0 Å². The van der Waals surface area contributed by atoms with Crippen molar-refractivity contribution in [3.8, 4) is 0 Å². The second kappa shape index (κ2) is 6.17. The highest BCUT2D eigenvalue weighted by Gasteiger charge is 2.17. The van der Waals surface area contributed by atoms with Gasteiger partial charge in [0.2, 0.25) is 0 Å².